The van der Waals surface area contributed by atoms with E-state index in [4.69, 9.17) is 34.8 Å². The summed E-state index contributed by atoms with van der Waals surface area (Å²) in [6.45, 7) is 5.14. The number of anilines is 1. The molecule has 0 radical (unpaired) electrons. The maximum atomic E-state index is 14.0. The van der Waals surface area contributed by atoms with Crippen LogP contribution in [-0.2, 0) is 26.2 Å². The van der Waals surface area contributed by atoms with Gasteiger partial charge < -0.3 is 10.2 Å². The normalized spacial score (nSPS) is 12.1. The maximum absolute atomic E-state index is 14.0. The molecule has 39 heavy (non-hydrogen) atoms. The second-order valence-electron chi connectivity index (χ2n) is 8.84. The molecule has 208 valence electrons. The molecule has 0 saturated carbocycles. The lowest BCUT2D eigenvalue weighted by molar-refractivity contribution is -0.140. The third-order valence-electron chi connectivity index (χ3n) is 6.11. The lowest BCUT2D eigenvalue weighted by atomic mass is 10.1. The zero-order valence-corrected chi connectivity index (χ0v) is 24.9. The van der Waals surface area contributed by atoms with E-state index in [-0.39, 0.29) is 17.3 Å². The number of hydrogen-bond acceptors (Lipinski definition) is 4. The first-order chi connectivity index (χ1) is 18.5. The second kappa shape index (κ2) is 13.5. The van der Waals surface area contributed by atoms with E-state index < -0.39 is 28.5 Å². The van der Waals surface area contributed by atoms with Crippen molar-refractivity contribution < 1.29 is 18.0 Å². The fourth-order valence-electron chi connectivity index (χ4n) is 4.18. The fourth-order valence-corrected chi connectivity index (χ4v) is 6.23. The van der Waals surface area contributed by atoms with Gasteiger partial charge >= 0.3 is 0 Å². The number of hydrogen-bond donors (Lipinski definition) is 1. The van der Waals surface area contributed by atoms with E-state index in [1.807, 2.05) is 0 Å². The zero-order chi connectivity index (χ0) is 28.7. The van der Waals surface area contributed by atoms with Gasteiger partial charge in [-0.05, 0) is 73.9 Å². The molecular formula is C28H30Cl3N3O4S. The Labute approximate surface area is 244 Å². The SMILES string of the molecule is CCNC(=O)C(CC)N(Cc1ccc(Cl)c(Cl)c1)C(=O)CN(c1ccc(Cl)cc1C)S(=O)(=O)c1ccccc1. The Kier molecular flexibility index (Phi) is 10.7. The van der Waals surface area contributed by atoms with Gasteiger partial charge in [0.05, 0.1) is 20.6 Å². The van der Waals surface area contributed by atoms with E-state index in [1.165, 1.54) is 17.0 Å². The van der Waals surface area contributed by atoms with Gasteiger partial charge in [-0.2, -0.15) is 0 Å². The van der Waals surface area contributed by atoms with Gasteiger partial charge in [-0.25, -0.2) is 8.42 Å². The van der Waals surface area contributed by atoms with Crippen LogP contribution in [0.5, 0.6) is 0 Å². The van der Waals surface area contributed by atoms with Crippen LogP contribution in [0.25, 0.3) is 0 Å². The number of likely N-dealkylation sites (N-methyl/N-ethyl adjacent to an activating group) is 1. The smallest absolute Gasteiger partial charge is 0.264 e. The molecule has 0 bridgehead atoms. The lowest BCUT2D eigenvalue weighted by Gasteiger charge is -2.33. The van der Waals surface area contributed by atoms with Gasteiger partial charge in [0.15, 0.2) is 0 Å². The summed E-state index contributed by atoms with van der Waals surface area (Å²) in [5.74, 6) is -0.901. The minimum Gasteiger partial charge on any atom is -0.355 e. The van der Waals surface area contributed by atoms with Crippen molar-refractivity contribution in [2.45, 2.75) is 44.7 Å². The standard InChI is InChI=1S/C28H30Cl3N3O4S/c1-4-25(28(36)32-5-2)33(17-20-11-13-23(30)24(31)16-20)27(35)18-34(26-14-12-21(29)15-19(26)3)39(37,38)22-9-7-6-8-10-22/h6-16,25H,4-5,17-18H2,1-3H3,(H,32,36). The molecule has 0 aromatic heterocycles. The third kappa shape index (κ3) is 7.45. The molecule has 2 amide bonds. The molecule has 3 aromatic carbocycles. The highest BCUT2D eigenvalue weighted by Crippen LogP contribution is 2.30. The molecule has 0 saturated heterocycles. The van der Waals surface area contributed by atoms with Crippen LogP contribution in [0.4, 0.5) is 5.69 Å². The summed E-state index contributed by atoms with van der Waals surface area (Å²) in [5, 5.41) is 3.86. The topological polar surface area (TPSA) is 86.8 Å². The lowest BCUT2D eigenvalue weighted by Crippen LogP contribution is -2.52. The zero-order valence-electron chi connectivity index (χ0n) is 21.8. The highest BCUT2D eigenvalue weighted by Gasteiger charge is 2.34. The minimum absolute atomic E-state index is 0.0180. The molecule has 0 fully saturated rings. The molecule has 0 spiro atoms. The highest BCUT2D eigenvalue weighted by atomic mass is 35.5. The minimum atomic E-state index is -4.16. The Balaban J connectivity index is 2.09. The van der Waals surface area contributed by atoms with E-state index in [0.29, 0.717) is 44.8 Å². The number of amides is 2. The van der Waals surface area contributed by atoms with Crippen molar-refractivity contribution in [3.05, 3.63) is 92.9 Å². The number of benzene rings is 3. The molecule has 1 atom stereocenters. The van der Waals surface area contributed by atoms with E-state index in [0.717, 1.165) is 4.31 Å². The van der Waals surface area contributed by atoms with Crippen molar-refractivity contribution in [1.29, 1.82) is 0 Å². The molecule has 0 aliphatic carbocycles. The Morgan fingerprint density at radius 2 is 1.62 bits per heavy atom. The van der Waals surface area contributed by atoms with Gasteiger partial charge in [0, 0.05) is 18.1 Å². The van der Waals surface area contributed by atoms with E-state index >= 15 is 0 Å². The number of carbonyl (C=O) groups excluding carboxylic acids is 2. The molecule has 0 aliphatic heterocycles. The Bertz CT molecular complexity index is 1440. The first-order valence-corrected chi connectivity index (χ1v) is 14.9. The first-order valence-electron chi connectivity index (χ1n) is 12.3. The molecule has 1 N–H and O–H groups in total. The number of nitrogens with zero attached hydrogens (tertiary/aromatic N) is 2. The molecule has 0 aliphatic rings. The van der Waals surface area contributed by atoms with Crippen LogP contribution in [0, 0.1) is 6.92 Å². The predicted molar refractivity (Wildman–Crippen MR) is 157 cm³/mol. The summed E-state index contributed by atoms with van der Waals surface area (Å²) in [5.41, 5.74) is 1.51. The van der Waals surface area contributed by atoms with E-state index in [9.17, 15) is 18.0 Å². The van der Waals surface area contributed by atoms with E-state index in [2.05, 4.69) is 5.32 Å². The molecule has 1 unspecified atom stereocenters. The average molecular weight is 611 g/mol. The van der Waals surface area contributed by atoms with Crippen molar-refractivity contribution in [3.63, 3.8) is 0 Å². The van der Waals surface area contributed by atoms with Gasteiger partial charge in [-0.15, -0.1) is 0 Å². The number of aryl methyl sites for hydroxylation is 1. The van der Waals surface area contributed by atoms with Crippen molar-refractivity contribution in [2.75, 3.05) is 17.4 Å². The second-order valence-corrected chi connectivity index (χ2v) is 12.0. The predicted octanol–water partition coefficient (Wildman–Crippen LogP) is 6.09. The number of rotatable bonds is 11. The van der Waals surface area contributed by atoms with Crippen LogP contribution in [0.15, 0.2) is 71.6 Å². The maximum Gasteiger partial charge on any atom is 0.264 e. The van der Waals surface area contributed by atoms with Crippen molar-refractivity contribution in [3.8, 4) is 0 Å². The summed E-state index contributed by atoms with van der Waals surface area (Å²) in [7, 11) is -4.16. The Morgan fingerprint density at radius 3 is 2.21 bits per heavy atom. The molecular weight excluding hydrogens is 581 g/mol. The van der Waals surface area contributed by atoms with Gasteiger partial charge in [0.1, 0.15) is 12.6 Å². The van der Waals surface area contributed by atoms with Crippen LogP contribution in [0.1, 0.15) is 31.4 Å². The van der Waals surface area contributed by atoms with Crippen LogP contribution in [-0.4, -0.2) is 44.3 Å². The van der Waals surface area contributed by atoms with Gasteiger partial charge in [-0.3, -0.25) is 13.9 Å². The molecule has 11 heteroatoms. The van der Waals surface area contributed by atoms with Crippen LogP contribution < -0.4 is 9.62 Å². The summed E-state index contributed by atoms with van der Waals surface area (Å²) >= 11 is 18.4. The van der Waals surface area contributed by atoms with Gasteiger partial charge in [0.25, 0.3) is 10.0 Å². The highest BCUT2D eigenvalue weighted by molar-refractivity contribution is 7.92. The Hall–Kier alpha value is -2.78. The molecule has 3 rings (SSSR count). The number of sulfonamides is 1. The van der Waals surface area contributed by atoms with Gasteiger partial charge in [0.2, 0.25) is 11.8 Å². The van der Waals surface area contributed by atoms with Crippen molar-refractivity contribution in [2.24, 2.45) is 0 Å². The summed E-state index contributed by atoms with van der Waals surface area (Å²) in [6.07, 6.45) is 0.310. The van der Waals surface area contributed by atoms with E-state index in [1.54, 1.807) is 75.4 Å². The van der Waals surface area contributed by atoms with Crippen LogP contribution in [0.2, 0.25) is 15.1 Å². The van der Waals surface area contributed by atoms with Crippen molar-refractivity contribution >= 4 is 62.3 Å². The first kappa shape index (κ1) is 30.8. The number of carbonyl (C=O) groups is 2. The number of nitrogens with one attached hydrogen (secondary N) is 1. The monoisotopic (exact) mass is 609 g/mol. The quantitative estimate of drug-likeness (QED) is 0.285. The third-order valence-corrected chi connectivity index (χ3v) is 8.86. The largest absolute Gasteiger partial charge is 0.355 e. The molecule has 3 aromatic rings. The Morgan fingerprint density at radius 1 is 0.923 bits per heavy atom. The van der Waals surface area contributed by atoms with Crippen LogP contribution in [0.3, 0.4) is 0 Å². The average Bonchev–Trinajstić information content (AvgIpc) is 2.90. The molecule has 0 heterocycles. The van der Waals surface area contributed by atoms with Crippen molar-refractivity contribution in [1.82, 2.24) is 10.2 Å². The van der Waals surface area contributed by atoms with Crippen LogP contribution >= 0.6 is 34.8 Å². The summed E-state index contributed by atoms with van der Waals surface area (Å²) < 4.78 is 28.8. The molecule has 7 nitrogen and oxygen atoms in total. The number of halogens is 3. The fraction of sp³-hybridized carbons (Fsp3) is 0.286. The van der Waals surface area contributed by atoms with Gasteiger partial charge in [-0.1, -0.05) is 66.0 Å². The summed E-state index contributed by atoms with van der Waals surface area (Å²) in [6, 6.07) is 16.7. The summed E-state index contributed by atoms with van der Waals surface area (Å²) in [4.78, 5) is 28.4.